The zero-order valence-corrected chi connectivity index (χ0v) is 16.3. The summed E-state index contributed by atoms with van der Waals surface area (Å²) in [6, 6.07) is -0.152. The highest BCUT2D eigenvalue weighted by Crippen LogP contribution is 2.59. The van der Waals surface area contributed by atoms with Gasteiger partial charge in [-0.05, 0) is 26.7 Å². The SMILES string of the molecule is BC1O[C@H](CC(C)(CC)OP(=O)(O)C(C)(O)CC)[C@@H](O)[C@H]1Br. The first kappa shape index (κ1) is 20.6. The Morgan fingerprint density at radius 3 is 2.27 bits per heavy atom. The smallest absolute Gasteiger partial charge is 0.359 e. The van der Waals surface area contributed by atoms with E-state index in [2.05, 4.69) is 15.9 Å². The summed E-state index contributed by atoms with van der Waals surface area (Å²) < 4.78 is 23.6. The molecular weight excluding hydrogens is 374 g/mol. The van der Waals surface area contributed by atoms with E-state index < -0.39 is 30.7 Å². The number of rotatable bonds is 7. The minimum atomic E-state index is -4.23. The van der Waals surface area contributed by atoms with Gasteiger partial charge >= 0.3 is 7.60 Å². The molecule has 0 aliphatic carbocycles. The molecule has 0 aromatic rings. The topological polar surface area (TPSA) is 96.2 Å². The van der Waals surface area contributed by atoms with Crippen LogP contribution in [0.1, 0.15) is 47.0 Å². The van der Waals surface area contributed by atoms with Crippen molar-refractivity contribution >= 4 is 31.4 Å². The highest BCUT2D eigenvalue weighted by molar-refractivity contribution is 9.09. The molecule has 0 bridgehead atoms. The van der Waals surface area contributed by atoms with Gasteiger partial charge in [-0.25, -0.2) is 0 Å². The lowest BCUT2D eigenvalue weighted by Gasteiger charge is -2.37. The van der Waals surface area contributed by atoms with Crippen molar-refractivity contribution in [2.45, 2.75) is 80.9 Å². The number of ether oxygens (including phenoxy) is 1. The molecule has 0 amide bonds. The summed E-state index contributed by atoms with van der Waals surface area (Å²) in [6.45, 7) is 6.44. The second-order valence-corrected chi connectivity index (χ2v) is 9.75. The highest BCUT2D eigenvalue weighted by atomic mass is 79.9. The van der Waals surface area contributed by atoms with Crippen LogP contribution in [-0.4, -0.2) is 56.9 Å². The van der Waals surface area contributed by atoms with Crippen molar-refractivity contribution in [1.82, 2.24) is 0 Å². The second-order valence-electron chi connectivity index (χ2n) is 6.50. The Kier molecular flexibility index (Phi) is 6.76. The van der Waals surface area contributed by atoms with Crippen LogP contribution in [0.2, 0.25) is 0 Å². The maximum atomic E-state index is 12.4. The van der Waals surface area contributed by atoms with Crippen LogP contribution in [0.5, 0.6) is 0 Å². The summed E-state index contributed by atoms with van der Waals surface area (Å²) in [5, 5.41) is 18.5. The Hall–Kier alpha value is 0.575. The number of aliphatic hydroxyl groups excluding tert-OH is 1. The van der Waals surface area contributed by atoms with Crippen LogP contribution < -0.4 is 0 Å². The Bertz CT molecular complexity index is 437. The molecule has 4 unspecified atom stereocenters. The highest BCUT2D eigenvalue weighted by Gasteiger charge is 2.49. The van der Waals surface area contributed by atoms with E-state index >= 15 is 0 Å². The van der Waals surface area contributed by atoms with Crippen molar-refractivity contribution in [2.75, 3.05) is 0 Å². The van der Waals surface area contributed by atoms with Gasteiger partial charge in [-0.2, -0.15) is 0 Å². The summed E-state index contributed by atoms with van der Waals surface area (Å²) in [5.74, 6) is 0. The van der Waals surface area contributed by atoms with E-state index in [1.807, 2.05) is 14.8 Å². The standard InChI is InChI=1S/C13H27BBrO6P/c1-5-12(3,21-22(18,19)13(4,17)6-2)7-8-10(16)9(15)11(14)20-8/h8-11,16-17H,5-7,14H2,1-4H3,(H,18,19)/t8-,9-,10-,11?,12?,13?/m1/s1. The van der Waals surface area contributed by atoms with Gasteiger partial charge in [0.1, 0.15) is 7.85 Å². The minimum Gasteiger partial charge on any atom is -0.389 e. The van der Waals surface area contributed by atoms with E-state index in [9.17, 15) is 19.7 Å². The molecule has 1 aliphatic heterocycles. The van der Waals surface area contributed by atoms with Crippen LogP contribution in [0, 0.1) is 0 Å². The lowest BCUT2D eigenvalue weighted by Crippen LogP contribution is -2.39. The van der Waals surface area contributed by atoms with Gasteiger partial charge in [0.2, 0.25) is 0 Å². The zero-order chi connectivity index (χ0) is 17.3. The number of hydrogen-bond acceptors (Lipinski definition) is 5. The van der Waals surface area contributed by atoms with Gasteiger partial charge in [0, 0.05) is 12.4 Å². The second kappa shape index (κ2) is 7.22. The molecule has 9 heteroatoms. The summed E-state index contributed by atoms with van der Waals surface area (Å²) in [4.78, 5) is 9.94. The van der Waals surface area contributed by atoms with Gasteiger partial charge in [-0.3, -0.25) is 4.57 Å². The normalized spacial score (nSPS) is 37.3. The number of alkyl halides is 1. The predicted molar refractivity (Wildman–Crippen MR) is 91.1 cm³/mol. The summed E-state index contributed by atoms with van der Waals surface area (Å²) in [6.07, 6.45) is -0.388. The fraction of sp³-hybridized carbons (Fsp3) is 1.00. The largest absolute Gasteiger partial charge is 0.389 e. The van der Waals surface area contributed by atoms with E-state index in [-0.39, 0.29) is 23.7 Å². The molecule has 0 radical (unpaired) electrons. The molecule has 130 valence electrons. The summed E-state index contributed by atoms with van der Waals surface area (Å²) in [7, 11) is -2.38. The summed E-state index contributed by atoms with van der Waals surface area (Å²) >= 11 is 3.38. The van der Waals surface area contributed by atoms with Crippen LogP contribution in [0.4, 0.5) is 0 Å². The molecule has 1 fully saturated rings. The third kappa shape index (κ3) is 4.35. The maximum Gasteiger partial charge on any atom is 0.359 e. The van der Waals surface area contributed by atoms with Crippen LogP contribution in [0.15, 0.2) is 0 Å². The Morgan fingerprint density at radius 2 is 1.91 bits per heavy atom. The molecule has 7 atom stereocenters. The first-order valence-corrected chi connectivity index (χ1v) is 10.1. The van der Waals surface area contributed by atoms with Crippen LogP contribution in [0.25, 0.3) is 0 Å². The molecule has 0 aromatic carbocycles. The predicted octanol–water partition coefficient (Wildman–Crippen LogP) is 1.35. The van der Waals surface area contributed by atoms with E-state index in [0.29, 0.717) is 6.42 Å². The lowest BCUT2D eigenvalue weighted by atomic mass is 9.91. The number of hydrogen-bond donors (Lipinski definition) is 3. The Balaban J connectivity index is 2.87. The van der Waals surface area contributed by atoms with E-state index in [0.717, 1.165) is 0 Å². The Labute approximate surface area is 141 Å². The number of aliphatic hydroxyl groups is 2. The van der Waals surface area contributed by atoms with Gasteiger partial charge in [-0.1, -0.05) is 29.8 Å². The molecule has 1 aliphatic rings. The molecule has 22 heavy (non-hydrogen) atoms. The lowest BCUT2D eigenvalue weighted by molar-refractivity contribution is -0.0425. The van der Waals surface area contributed by atoms with Crippen molar-refractivity contribution in [2.24, 2.45) is 0 Å². The molecule has 6 nitrogen and oxygen atoms in total. The summed E-state index contributed by atoms with van der Waals surface area (Å²) in [5.41, 5.74) is -0.980. The molecular formula is C13H27BBrO6P. The molecule has 0 saturated carbocycles. The molecule has 1 rings (SSSR count). The molecule has 1 heterocycles. The van der Waals surface area contributed by atoms with E-state index in [1.165, 1.54) is 6.92 Å². The minimum absolute atomic E-state index is 0.101. The van der Waals surface area contributed by atoms with Crippen molar-refractivity contribution in [3.05, 3.63) is 0 Å². The first-order valence-electron chi connectivity index (χ1n) is 7.62. The molecule has 0 aromatic heterocycles. The zero-order valence-electron chi connectivity index (χ0n) is 13.8. The average Bonchev–Trinajstić information content (AvgIpc) is 2.65. The van der Waals surface area contributed by atoms with Crippen molar-refractivity contribution in [3.8, 4) is 0 Å². The third-order valence-electron chi connectivity index (χ3n) is 4.55. The monoisotopic (exact) mass is 400 g/mol. The maximum absolute atomic E-state index is 12.4. The van der Waals surface area contributed by atoms with E-state index in [4.69, 9.17) is 9.26 Å². The van der Waals surface area contributed by atoms with Crippen LogP contribution in [0.3, 0.4) is 0 Å². The Morgan fingerprint density at radius 1 is 1.36 bits per heavy atom. The van der Waals surface area contributed by atoms with Crippen molar-refractivity contribution in [3.63, 3.8) is 0 Å². The average molecular weight is 401 g/mol. The van der Waals surface area contributed by atoms with Crippen LogP contribution in [-0.2, 0) is 13.8 Å². The van der Waals surface area contributed by atoms with Gasteiger partial charge < -0.3 is 24.4 Å². The van der Waals surface area contributed by atoms with Gasteiger partial charge in [0.25, 0.3) is 0 Å². The molecule has 1 saturated heterocycles. The fourth-order valence-electron chi connectivity index (χ4n) is 2.35. The molecule has 0 spiro atoms. The number of halogens is 1. The van der Waals surface area contributed by atoms with Crippen molar-refractivity contribution in [1.29, 1.82) is 0 Å². The molecule has 3 N–H and O–H groups in total. The quantitative estimate of drug-likeness (QED) is 0.339. The van der Waals surface area contributed by atoms with Gasteiger partial charge in [0.15, 0.2) is 5.34 Å². The van der Waals surface area contributed by atoms with Crippen molar-refractivity contribution < 1.29 is 28.9 Å². The van der Waals surface area contributed by atoms with Crippen LogP contribution >= 0.6 is 23.5 Å². The van der Waals surface area contributed by atoms with Gasteiger partial charge in [0.05, 0.1) is 22.6 Å². The third-order valence-corrected chi connectivity index (χ3v) is 8.06. The van der Waals surface area contributed by atoms with Gasteiger partial charge in [-0.15, -0.1) is 0 Å². The fourth-order valence-corrected chi connectivity index (χ4v) is 4.21. The first-order chi connectivity index (χ1) is 9.89. The van der Waals surface area contributed by atoms with E-state index in [1.54, 1.807) is 13.8 Å².